The normalized spacial score (nSPS) is 44.4. The van der Waals surface area contributed by atoms with Crippen molar-refractivity contribution in [3.63, 3.8) is 0 Å². The van der Waals surface area contributed by atoms with Gasteiger partial charge in [-0.25, -0.2) is 0 Å². The Morgan fingerprint density at radius 2 is 0.833 bits per heavy atom. The molecule has 142 valence electrons. The van der Waals surface area contributed by atoms with Crippen molar-refractivity contribution in [3.8, 4) is 0 Å². The lowest BCUT2D eigenvalue weighted by atomic mass is 9.83. The van der Waals surface area contributed by atoms with E-state index >= 15 is 0 Å². The van der Waals surface area contributed by atoms with Gasteiger partial charge in [0, 0.05) is 20.6 Å². The van der Waals surface area contributed by atoms with E-state index in [9.17, 15) is 9.13 Å². The Labute approximate surface area is 148 Å². The fourth-order valence-corrected chi connectivity index (χ4v) is 13.0. The fourth-order valence-electron chi connectivity index (χ4n) is 5.10. The standard InChI is InChI=1S/C18H36O4P2/c1-13-15(3,4)23(19,16(13,5)6)21-11-12-22-24(20)17(7,8)14(2)18(24,9)10/h13-14H,11-12H2,1-10H3. The summed E-state index contributed by atoms with van der Waals surface area (Å²) < 4.78 is 38.5. The first kappa shape index (κ1) is 20.7. The third kappa shape index (κ3) is 2.13. The van der Waals surface area contributed by atoms with Crippen LogP contribution in [-0.4, -0.2) is 33.8 Å². The maximum absolute atomic E-state index is 13.4. The molecule has 24 heavy (non-hydrogen) atoms. The van der Waals surface area contributed by atoms with Crippen molar-refractivity contribution in [2.24, 2.45) is 11.8 Å². The molecule has 0 aromatic heterocycles. The lowest BCUT2D eigenvalue weighted by Gasteiger charge is -2.62. The highest BCUT2D eigenvalue weighted by atomic mass is 31.2. The van der Waals surface area contributed by atoms with Gasteiger partial charge in [0.05, 0.1) is 13.2 Å². The van der Waals surface area contributed by atoms with Gasteiger partial charge in [0.15, 0.2) is 0 Å². The Balaban J connectivity index is 2.00. The molecule has 2 heterocycles. The molecule has 0 radical (unpaired) electrons. The van der Waals surface area contributed by atoms with E-state index in [1.807, 2.05) is 55.4 Å². The first-order chi connectivity index (χ1) is 10.5. The third-order valence-electron chi connectivity index (χ3n) is 7.90. The maximum atomic E-state index is 13.4. The molecule has 2 aliphatic rings. The Bertz CT molecular complexity index is 525. The summed E-state index contributed by atoms with van der Waals surface area (Å²) in [6.07, 6.45) is 0. The third-order valence-corrected chi connectivity index (χ3v) is 16.6. The summed E-state index contributed by atoms with van der Waals surface area (Å²) in [5.41, 5.74) is 0. The molecule has 0 bridgehead atoms. The molecule has 6 heteroatoms. The molecule has 0 aromatic rings. The molecule has 2 saturated heterocycles. The lowest BCUT2D eigenvalue weighted by molar-refractivity contribution is 0.134. The van der Waals surface area contributed by atoms with Crippen LogP contribution in [0.5, 0.6) is 0 Å². The van der Waals surface area contributed by atoms with Crippen LogP contribution < -0.4 is 0 Å². The van der Waals surface area contributed by atoms with E-state index < -0.39 is 14.7 Å². The molecule has 0 N–H and O–H groups in total. The van der Waals surface area contributed by atoms with E-state index in [-0.39, 0.29) is 33.8 Å². The number of rotatable bonds is 5. The van der Waals surface area contributed by atoms with Crippen molar-refractivity contribution < 1.29 is 18.2 Å². The van der Waals surface area contributed by atoms with Gasteiger partial charge in [0.1, 0.15) is 0 Å². The monoisotopic (exact) mass is 378 g/mol. The molecule has 2 rings (SSSR count). The summed E-state index contributed by atoms with van der Waals surface area (Å²) in [5.74, 6) is 0.668. The fraction of sp³-hybridized carbons (Fsp3) is 1.00. The molecule has 4 nitrogen and oxygen atoms in total. The Morgan fingerprint density at radius 1 is 0.625 bits per heavy atom. The molecule has 0 aliphatic carbocycles. The summed E-state index contributed by atoms with van der Waals surface area (Å²) in [5, 5.41) is -1.26. The van der Waals surface area contributed by atoms with Crippen molar-refractivity contribution in [2.45, 2.75) is 89.9 Å². The molecule has 2 aliphatic heterocycles. The van der Waals surface area contributed by atoms with Crippen LogP contribution in [0.2, 0.25) is 0 Å². The SMILES string of the molecule is CC1C(C)(C)P(=O)(OCCOP2(=O)C(C)(C)C(C)C2(C)C)C1(C)C. The van der Waals surface area contributed by atoms with Gasteiger partial charge in [0.25, 0.3) is 0 Å². The average molecular weight is 378 g/mol. The highest BCUT2D eigenvalue weighted by Crippen LogP contribution is 2.83. The quantitative estimate of drug-likeness (QED) is 0.435. The topological polar surface area (TPSA) is 52.6 Å². The predicted octanol–water partition coefficient (Wildman–Crippen LogP) is 5.99. The van der Waals surface area contributed by atoms with Crippen LogP contribution in [0.1, 0.15) is 69.2 Å². The predicted molar refractivity (Wildman–Crippen MR) is 102 cm³/mol. The minimum absolute atomic E-state index is 0.237. The molecule has 2 fully saturated rings. The second-order valence-electron chi connectivity index (χ2n) is 9.83. The van der Waals surface area contributed by atoms with Gasteiger partial charge in [-0.15, -0.1) is 0 Å². The van der Waals surface area contributed by atoms with Crippen LogP contribution in [0, 0.1) is 11.8 Å². The van der Waals surface area contributed by atoms with E-state index in [0.717, 1.165) is 0 Å². The minimum Gasteiger partial charge on any atom is -0.325 e. The van der Waals surface area contributed by atoms with Gasteiger partial charge in [-0.05, 0) is 11.8 Å². The zero-order chi connectivity index (χ0) is 19.0. The van der Waals surface area contributed by atoms with Crippen molar-refractivity contribution >= 4 is 14.7 Å². The van der Waals surface area contributed by atoms with Gasteiger partial charge >= 0.3 is 0 Å². The molecule has 0 spiro atoms. The van der Waals surface area contributed by atoms with Crippen molar-refractivity contribution in [1.29, 1.82) is 0 Å². The average Bonchev–Trinajstić information content (AvgIpc) is 2.47. The van der Waals surface area contributed by atoms with Crippen LogP contribution in [0.15, 0.2) is 0 Å². The number of hydrogen-bond acceptors (Lipinski definition) is 4. The summed E-state index contributed by atoms with van der Waals surface area (Å²) >= 11 is 0. The summed E-state index contributed by atoms with van der Waals surface area (Å²) in [6.45, 7) is 20.9. The number of hydrogen-bond donors (Lipinski definition) is 0. The van der Waals surface area contributed by atoms with Gasteiger partial charge in [-0.1, -0.05) is 69.2 Å². The molecular weight excluding hydrogens is 342 g/mol. The Hall–Kier alpha value is 0.380. The van der Waals surface area contributed by atoms with Crippen molar-refractivity contribution in [1.82, 2.24) is 0 Å². The van der Waals surface area contributed by atoms with Crippen LogP contribution in [0.3, 0.4) is 0 Å². The molecule has 0 amide bonds. The van der Waals surface area contributed by atoms with Gasteiger partial charge in [0.2, 0.25) is 14.7 Å². The first-order valence-corrected chi connectivity index (χ1v) is 12.3. The second kappa shape index (κ2) is 5.44. The summed E-state index contributed by atoms with van der Waals surface area (Å²) in [4.78, 5) is 0. The molecular formula is C18H36O4P2. The zero-order valence-corrected chi connectivity index (χ0v) is 18.9. The summed E-state index contributed by atoms with van der Waals surface area (Å²) in [7, 11) is -5.55. The molecule has 0 aromatic carbocycles. The van der Waals surface area contributed by atoms with Gasteiger partial charge < -0.3 is 9.05 Å². The van der Waals surface area contributed by atoms with E-state index in [1.54, 1.807) is 0 Å². The maximum Gasteiger partial charge on any atom is 0.214 e. The smallest absolute Gasteiger partial charge is 0.214 e. The van der Waals surface area contributed by atoms with Crippen LogP contribution >= 0.6 is 14.7 Å². The molecule has 0 atom stereocenters. The minimum atomic E-state index is -2.77. The van der Waals surface area contributed by atoms with Gasteiger partial charge in [-0.2, -0.15) is 0 Å². The second-order valence-corrected chi connectivity index (χ2v) is 17.2. The lowest BCUT2D eigenvalue weighted by Crippen LogP contribution is -2.58. The highest BCUT2D eigenvalue weighted by molar-refractivity contribution is 7.64. The van der Waals surface area contributed by atoms with E-state index in [1.165, 1.54) is 0 Å². The van der Waals surface area contributed by atoms with E-state index in [0.29, 0.717) is 11.8 Å². The molecule has 0 unspecified atom stereocenters. The largest absolute Gasteiger partial charge is 0.325 e. The summed E-state index contributed by atoms with van der Waals surface area (Å²) in [6, 6.07) is 0. The molecule has 0 saturated carbocycles. The van der Waals surface area contributed by atoms with Crippen LogP contribution in [0.4, 0.5) is 0 Å². The Kier molecular flexibility index (Phi) is 4.69. The van der Waals surface area contributed by atoms with Crippen LogP contribution in [0.25, 0.3) is 0 Å². The Morgan fingerprint density at radius 3 is 1.04 bits per heavy atom. The van der Waals surface area contributed by atoms with Crippen LogP contribution in [-0.2, 0) is 18.2 Å². The van der Waals surface area contributed by atoms with E-state index in [2.05, 4.69) is 13.8 Å². The van der Waals surface area contributed by atoms with Crippen molar-refractivity contribution in [2.75, 3.05) is 13.2 Å². The van der Waals surface area contributed by atoms with E-state index in [4.69, 9.17) is 9.05 Å². The zero-order valence-electron chi connectivity index (χ0n) is 17.1. The first-order valence-electron chi connectivity index (χ1n) is 9.01. The highest BCUT2D eigenvalue weighted by Gasteiger charge is 2.70. The van der Waals surface area contributed by atoms with Gasteiger partial charge in [-0.3, -0.25) is 9.13 Å². The van der Waals surface area contributed by atoms with Crippen molar-refractivity contribution in [3.05, 3.63) is 0 Å².